The SMILES string of the molecule is CCc1ccc(C(=O)C2CC(C)(C)OC2(C)C)o1. The van der Waals surface area contributed by atoms with Gasteiger partial charge in [-0.1, -0.05) is 6.92 Å². The van der Waals surface area contributed by atoms with Gasteiger partial charge in [0, 0.05) is 6.42 Å². The molecule has 0 amide bonds. The molecule has 1 aromatic rings. The van der Waals surface area contributed by atoms with Crippen LogP contribution < -0.4 is 0 Å². The van der Waals surface area contributed by atoms with Crippen molar-refractivity contribution in [3.63, 3.8) is 0 Å². The fourth-order valence-electron chi connectivity index (χ4n) is 2.84. The number of hydrogen-bond acceptors (Lipinski definition) is 3. The van der Waals surface area contributed by atoms with E-state index in [0.717, 1.165) is 18.6 Å². The van der Waals surface area contributed by atoms with Crippen LogP contribution in [0.15, 0.2) is 16.5 Å². The summed E-state index contributed by atoms with van der Waals surface area (Å²) in [7, 11) is 0. The van der Waals surface area contributed by atoms with Crippen LogP contribution in [0.1, 0.15) is 57.4 Å². The van der Waals surface area contributed by atoms with E-state index in [0.29, 0.717) is 5.76 Å². The fourth-order valence-corrected chi connectivity index (χ4v) is 2.84. The van der Waals surface area contributed by atoms with Crippen LogP contribution in [0.25, 0.3) is 0 Å². The number of aryl methyl sites for hydroxylation is 1. The second kappa shape index (κ2) is 4.23. The Hall–Kier alpha value is -1.09. The van der Waals surface area contributed by atoms with E-state index < -0.39 is 5.60 Å². The van der Waals surface area contributed by atoms with Crippen LogP contribution in [-0.2, 0) is 11.2 Å². The third-order valence-corrected chi connectivity index (χ3v) is 3.64. The van der Waals surface area contributed by atoms with Crippen molar-refractivity contribution in [2.24, 2.45) is 5.92 Å². The number of rotatable bonds is 3. The lowest BCUT2D eigenvalue weighted by Crippen LogP contribution is -2.33. The van der Waals surface area contributed by atoms with E-state index in [1.165, 1.54) is 0 Å². The molecule has 0 aromatic carbocycles. The van der Waals surface area contributed by atoms with E-state index in [1.807, 2.05) is 40.7 Å². The van der Waals surface area contributed by atoms with Crippen molar-refractivity contribution in [2.75, 3.05) is 0 Å². The maximum atomic E-state index is 12.5. The zero-order valence-corrected chi connectivity index (χ0v) is 11.9. The molecule has 2 heterocycles. The molecule has 2 rings (SSSR count). The van der Waals surface area contributed by atoms with Crippen molar-refractivity contribution in [3.8, 4) is 0 Å². The minimum Gasteiger partial charge on any atom is -0.458 e. The molecule has 100 valence electrons. The lowest BCUT2D eigenvalue weighted by atomic mass is 9.83. The van der Waals surface area contributed by atoms with E-state index in [-0.39, 0.29) is 17.3 Å². The van der Waals surface area contributed by atoms with E-state index in [9.17, 15) is 4.79 Å². The number of furan rings is 1. The van der Waals surface area contributed by atoms with Crippen LogP contribution in [-0.4, -0.2) is 17.0 Å². The summed E-state index contributed by atoms with van der Waals surface area (Å²) in [4.78, 5) is 12.5. The molecule has 0 aliphatic carbocycles. The minimum atomic E-state index is -0.431. The zero-order valence-electron chi connectivity index (χ0n) is 11.9. The number of carbonyl (C=O) groups excluding carboxylic acids is 1. The Morgan fingerprint density at radius 3 is 2.44 bits per heavy atom. The van der Waals surface area contributed by atoms with Crippen molar-refractivity contribution in [1.82, 2.24) is 0 Å². The van der Waals surface area contributed by atoms with Gasteiger partial charge in [0.15, 0.2) is 5.76 Å². The molecule has 1 unspecified atom stereocenters. The maximum absolute atomic E-state index is 12.5. The summed E-state index contributed by atoms with van der Waals surface area (Å²) in [5.74, 6) is 1.24. The van der Waals surface area contributed by atoms with E-state index in [1.54, 1.807) is 6.07 Å². The lowest BCUT2D eigenvalue weighted by molar-refractivity contribution is -0.0713. The van der Waals surface area contributed by atoms with Gasteiger partial charge in [-0.25, -0.2) is 0 Å². The molecule has 18 heavy (non-hydrogen) atoms. The van der Waals surface area contributed by atoms with Gasteiger partial charge in [-0.15, -0.1) is 0 Å². The zero-order chi connectivity index (χ0) is 13.6. The summed E-state index contributed by atoms with van der Waals surface area (Å²) in [6.07, 6.45) is 1.55. The third kappa shape index (κ3) is 2.37. The van der Waals surface area contributed by atoms with Crippen LogP contribution in [0, 0.1) is 5.92 Å². The van der Waals surface area contributed by atoms with Crippen molar-refractivity contribution in [1.29, 1.82) is 0 Å². The quantitative estimate of drug-likeness (QED) is 0.769. The highest BCUT2D eigenvalue weighted by Gasteiger charge is 2.49. The van der Waals surface area contributed by atoms with Gasteiger partial charge in [0.2, 0.25) is 5.78 Å². The molecule has 0 saturated carbocycles. The number of hydrogen-bond donors (Lipinski definition) is 0. The highest BCUT2D eigenvalue weighted by Crippen LogP contribution is 2.43. The highest BCUT2D eigenvalue weighted by molar-refractivity contribution is 5.96. The van der Waals surface area contributed by atoms with Crippen molar-refractivity contribution < 1.29 is 13.9 Å². The first-order valence-electron chi connectivity index (χ1n) is 6.58. The standard InChI is InChI=1S/C15H22O3/c1-6-10-7-8-12(17-10)13(16)11-9-14(2,3)18-15(11,4)5/h7-8,11H,6,9H2,1-5H3. The number of carbonyl (C=O) groups is 1. The summed E-state index contributed by atoms with van der Waals surface area (Å²) < 4.78 is 11.5. The summed E-state index contributed by atoms with van der Waals surface area (Å²) >= 11 is 0. The van der Waals surface area contributed by atoms with E-state index >= 15 is 0 Å². The Labute approximate surface area is 109 Å². The van der Waals surface area contributed by atoms with E-state index in [2.05, 4.69) is 0 Å². The highest BCUT2D eigenvalue weighted by atomic mass is 16.5. The first-order chi connectivity index (χ1) is 8.25. The molecular formula is C15H22O3. The fraction of sp³-hybridized carbons (Fsp3) is 0.667. The summed E-state index contributed by atoms with van der Waals surface area (Å²) in [5.41, 5.74) is -0.677. The second-order valence-electron chi connectivity index (χ2n) is 6.21. The number of ether oxygens (including phenoxy) is 1. The molecule has 0 spiro atoms. The van der Waals surface area contributed by atoms with Gasteiger partial charge >= 0.3 is 0 Å². The lowest BCUT2D eigenvalue weighted by Gasteiger charge is -2.26. The number of ketones is 1. The van der Waals surface area contributed by atoms with Gasteiger partial charge in [-0.05, 0) is 46.2 Å². The molecule has 3 heteroatoms. The predicted octanol–water partition coefficient (Wildman–Crippen LogP) is 3.62. The molecule has 1 saturated heterocycles. The van der Waals surface area contributed by atoms with Crippen LogP contribution in [0.4, 0.5) is 0 Å². The van der Waals surface area contributed by atoms with Gasteiger partial charge in [0.05, 0.1) is 17.1 Å². The average molecular weight is 250 g/mol. The van der Waals surface area contributed by atoms with Crippen molar-refractivity contribution in [2.45, 2.75) is 58.7 Å². The minimum absolute atomic E-state index is 0.0604. The van der Waals surface area contributed by atoms with Crippen LogP contribution >= 0.6 is 0 Å². The van der Waals surface area contributed by atoms with Crippen LogP contribution in [0.2, 0.25) is 0 Å². The first kappa shape index (κ1) is 13.3. The second-order valence-corrected chi connectivity index (χ2v) is 6.21. The molecule has 0 radical (unpaired) electrons. The van der Waals surface area contributed by atoms with Gasteiger partial charge in [0.25, 0.3) is 0 Å². The molecular weight excluding hydrogens is 228 g/mol. The average Bonchev–Trinajstić information content (AvgIpc) is 2.79. The van der Waals surface area contributed by atoms with E-state index in [4.69, 9.17) is 9.15 Å². The predicted molar refractivity (Wildman–Crippen MR) is 69.8 cm³/mol. The molecule has 1 aliphatic rings. The summed E-state index contributed by atoms with van der Waals surface area (Å²) in [5, 5.41) is 0. The Morgan fingerprint density at radius 1 is 1.33 bits per heavy atom. The smallest absolute Gasteiger partial charge is 0.204 e. The monoisotopic (exact) mass is 250 g/mol. The largest absolute Gasteiger partial charge is 0.458 e. The molecule has 0 N–H and O–H groups in total. The Balaban J connectivity index is 2.24. The topological polar surface area (TPSA) is 39.4 Å². The summed E-state index contributed by atoms with van der Waals surface area (Å²) in [6.45, 7) is 10.0. The third-order valence-electron chi connectivity index (χ3n) is 3.64. The Morgan fingerprint density at radius 2 is 2.00 bits per heavy atom. The van der Waals surface area contributed by atoms with Crippen molar-refractivity contribution in [3.05, 3.63) is 23.7 Å². The number of Topliss-reactive ketones (excluding diaryl/α,β-unsaturated/α-hetero) is 1. The molecule has 1 fully saturated rings. The first-order valence-corrected chi connectivity index (χ1v) is 6.58. The molecule has 3 nitrogen and oxygen atoms in total. The maximum Gasteiger partial charge on any atom is 0.204 e. The van der Waals surface area contributed by atoms with Crippen LogP contribution in [0.5, 0.6) is 0 Å². The van der Waals surface area contributed by atoms with Gasteiger partial charge in [0.1, 0.15) is 5.76 Å². The van der Waals surface area contributed by atoms with Gasteiger partial charge in [-0.3, -0.25) is 4.79 Å². The molecule has 1 aromatic heterocycles. The molecule has 1 atom stereocenters. The molecule has 0 bridgehead atoms. The summed E-state index contributed by atoms with van der Waals surface area (Å²) in [6, 6.07) is 3.66. The van der Waals surface area contributed by atoms with Crippen LogP contribution in [0.3, 0.4) is 0 Å². The van der Waals surface area contributed by atoms with Crippen molar-refractivity contribution >= 4 is 5.78 Å². The Bertz CT molecular complexity index is 454. The van der Waals surface area contributed by atoms with Gasteiger partial charge < -0.3 is 9.15 Å². The normalized spacial score (nSPS) is 25.3. The molecule has 1 aliphatic heterocycles. The van der Waals surface area contributed by atoms with Gasteiger partial charge in [-0.2, -0.15) is 0 Å². The Kier molecular flexibility index (Phi) is 3.14.